The topological polar surface area (TPSA) is 58.2 Å². The number of para-hydroxylation sites is 1. The molecule has 1 heterocycles. The van der Waals surface area contributed by atoms with Gasteiger partial charge < -0.3 is 10.6 Å². The van der Waals surface area contributed by atoms with Gasteiger partial charge in [-0.1, -0.05) is 55.3 Å². The number of fused-ring (bicyclic) bond motifs is 1. The van der Waals surface area contributed by atoms with Crippen LogP contribution in [0.4, 0.5) is 5.69 Å². The van der Waals surface area contributed by atoms with E-state index in [0.717, 1.165) is 33.6 Å². The molecular weight excluding hydrogens is 424 g/mol. The van der Waals surface area contributed by atoms with Gasteiger partial charge in [-0.05, 0) is 60.9 Å². The minimum atomic E-state index is -0.100. The second kappa shape index (κ2) is 10.9. The number of anilines is 1. The van der Waals surface area contributed by atoms with E-state index in [0.29, 0.717) is 17.0 Å². The molecule has 1 aliphatic carbocycles. The first kappa shape index (κ1) is 22.0. The van der Waals surface area contributed by atoms with E-state index in [4.69, 9.17) is 0 Å². The predicted molar refractivity (Wildman–Crippen MR) is 132 cm³/mol. The van der Waals surface area contributed by atoms with Gasteiger partial charge in [-0.2, -0.15) is 11.8 Å². The number of amides is 2. The van der Waals surface area contributed by atoms with Crippen LogP contribution in [0.1, 0.15) is 54.4 Å². The lowest BCUT2D eigenvalue weighted by atomic mass is 10.0. The average molecular weight is 453 g/mol. The van der Waals surface area contributed by atoms with Crippen molar-refractivity contribution < 1.29 is 9.59 Å². The highest BCUT2D eigenvalue weighted by Crippen LogP contribution is 2.38. The first-order valence-electron chi connectivity index (χ1n) is 11.0. The molecule has 0 saturated heterocycles. The van der Waals surface area contributed by atoms with E-state index < -0.39 is 0 Å². The van der Waals surface area contributed by atoms with Gasteiger partial charge in [0.05, 0.1) is 10.6 Å². The van der Waals surface area contributed by atoms with Crippen molar-refractivity contribution in [3.05, 3.63) is 64.6 Å². The number of thioether (sulfide) groups is 2. The third-order valence-corrected chi connectivity index (χ3v) is 8.13. The molecule has 1 saturated carbocycles. The minimum Gasteiger partial charge on any atom is -0.352 e. The highest BCUT2D eigenvalue weighted by molar-refractivity contribution is 8.04. The van der Waals surface area contributed by atoms with Crippen molar-refractivity contribution in [3.8, 4) is 0 Å². The van der Waals surface area contributed by atoms with E-state index in [1.807, 2.05) is 54.6 Å². The average Bonchev–Trinajstić information content (AvgIpc) is 2.80. The van der Waals surface area contributed by atoms with Crippen LogP contribution in [0.5, 0.6) is 0 Å². The highest BCUT2D eigenvalue weighted by atomic mass is 32.2. The third kappa shape index (κ3) is 6.17. The van der Waals surface area contributed by atoms with Crippen LogP contribution in [-0.4, -0.2) is 29.4 Å². The Hall–Kier alpha value is -2.18. The van der Waals surface area contributed by atoms with Crippen LogP contribution in [0.25, 0.3) is 6.08 Å². The number of rotatable bonds is 7. The molecule has 2 aromatic rings. The molecule has 1 fully saturated rings. The number of carbonyl (C=O) groups is 2. The summed E-state index contributed by atoms with van der Waals surface area (Å²) in [5.74, 6) is 0.970. The van der Waals surface area contributed by atoms with Crippen LogP contribution in [0.2, 0.25) is 0 Å². The van der Waals surface area contributed by atoms with Gasteiger partial charge in [-0.25, -0.2) is 0 Å². The Labute approximate surface area is 192 Å². The van der Waals surface area contributed by atoms with Gasteiger partial charge >= 0.3 is 0 Å². The fourth-order valence-corrected chi connectivity index (χ4v) is 6.10. The Morgan fingerprint density at radius 3 is 2.68 bits per heavy atom. The molecule has 6 heteroatoms. The van der Waals surface area contributed by atoms with E-state index in [-0.39, 0.29) is 11.8 Å². The van der Waals surface area contributed by atoms with Crippen LogP contribution in [0.15, 0.2) is 58.3 Å². The van der Waals surface area contributed by atoms with E-state index in [1.54, 1.807) is 0 Å². The molecule has 0 unspecified atom stereocenters. The van der Waals surface area contributed by atoms with E-state index in [9.17, 15) is 9.59 Å². The van der Waals surface area contributed by atoms with Crippen molar-refractivity contribution in [3.63, 3.8) is 0 Å². The lowest BCUT2D eigenvalue weighted by molar-refractivity contribution is -0.112. The van der Waals surface area contributed by atoms with E-state index >= 15 is 0 Å². The SMILES string of the molecule is O=C1Nc2ccccc2S/C1=C/c1ccc(C(=O)NCCCSC2CCCCC2)cc1. The molecule has 0 spiro atoms. The zero-order valence-electron chi connectivity index (χ0n) is 17.6. The summed E-state index contributed by atoms with van der Waals surface area (Å²) in [6.45, 7) is 0.709. The van der Waals surface area contributed by atoms with Crippen LogP contribution in [0.3, 0.4) is 0 Å². The van der Waals surface area contributed by atoms with E-state index in [2.05, 4.69) is 22.4 Å². The Bertz CT molecular complexity index is 950. The summed E-state index contributed by atoms with van der Waals surface area (Å²) < 4.78 is 0. The fraction of sp³-hybridized carbons (Fsp3) is 0.360. The van der Waals surface area contributed by atoms with Crippen molar-refractivity contribution >= 4 is 47.1 Å². The molecule has 2 amide bonds. The van der Waals surface area contributed by atoms with Gasteiger partial charge in [-0.15, -0.1) is 0 Å². The van der Waals surface area contributed by atoms with Gasteiger partial charge in [0, 0.05) is 22.3 Å². The molecule has 0 radical (unpaired) electrons. The van der Waals surface area contributed by atoms with Crippen LogP contribution >= 0.6 is 23.5 Å². The maximum absolute atomic E-state index is 12.4. The molecule has 162 valence electrons. The number of carbonyl (C=O) groups excluding carboxylic acids is 2. The van der Waals surface area contributed by atoms with Crippen LogP contribution in [0, 0.1) is 0 Å². The summed E-state index contributed by atoms with van der Waals surface area (Å²) >= 11 is 3.53. The zero-order valence-corrected chi connectivity index (χ0v) is 19.2. The molecule has 1 aliphatic heterocycles. The van der Waals surface area contributed by atoms with Crippen molar-refractivity contribution in [1.29, 1.82) is 0 Å². The summed E-state index contributed by atoms with van der Waals surface area (Å²) in [6, 6.07) is 15.2. The van der Waals surface area contributed by atoms with Crippen molar-refractivity contribution in [2.24, 2.45) is 0 Å². The van der Waals surface area contributed by atoms with E-state index in [1.165, 1.54) is 43.9 Å². The largest absolute Gasteiger partial charge is 0.352 e. The number of hydrogen-bond donors (Lipinski definition) is 2. The fourth-order valence-electron chi connectivity index (χ4n) is 3.84. The van der Waals surface area contributed by atoms with Crippen LogP contribution < -0.4 is 10.6 Å². The Balaban J connectivity index is 1.25. The second-order valence-corrected chi connectivity index (χ2v) is 10.4. The summed E-state index contributed by atoms with van der Waals surface area (Å²) in [5.41, 5.74) is 2.39. The van der Waals surface area contributed by atoms with Gasteiger partial charge in [0.1, 0.15) is 0 Å². The monoisotopic (exact) mass is 452 g/mol. The normalized spacial score (nSPS) is 17.8. The zero-order chi connectivity index (χ0) is 21.5. The molecule has 2 N–H and O–H groups in total. The second-order valence-electron chi connectivity index (χ2n) is 7.92. The molecule has 2 aromatic carbocycles. The lowest BCUT2D eigenvalue weighted by Gasteiger charge is -2.20. The van der Waals surface area contributed by atoms with Crippen LogP contribution in [-0.2, 0) is 4.79 Å². The summed E-state index contributed by atoms with van der Waals surface area (Å²) in [6.07, 6.45) is 9.71. The third-order valence-electron chi connectivity index (χ3n) is 5.56. The Kier molecular flexibility index (Phi) is 7.76. The Morgan fingerprint density at radius 2 is 1.87 bits per heavy atom. The first-order valence-corrected chi connectivity index (χ1v) is 12.9. The number of nitrogens with one attached hydrogen (secondary N) is 2. The molecule has 4 rings (SSSR count). The smallest absolute Gasteiger partial charge is 0.262 e. The molecule has 31 heavy (non-hydrogen) atoms. The minimum absolute atomic E-state index is 0.0411. The maximum Gasteiger partial charge on any atom is 0.262 e. The van der Waals surface area contributed by atoms with Gasteiger partial charge in [0.2, 0.25) is 0 Å². The molecule has 4 nitrogen and oxygen atoms in total. The van der Waals surface area contributed by atoms with Gasteiger partial charge in [-0.3, -0.25) is 9.59 Å². The van der Waals surface area contributed by atoms with Crippen molar-refractivity contribution in [2.75, 3.05) is 17.6 Å². The van der Waals surface area contributed by atoms with Crippen molar-refractivity contribution in [1.82, 2.24) is 5.32 Å². The summed E-state index contributed by atoms with van der Waals surface area (Å²) in [7, 11) is 0. The number of benzene rings is 2. The van der Waals surface area contributed by atoms with Gasteiger partial charge in [0.15, 0.2) is 0 Å². The molecule has 0 aromatic heterocycles. The summed E-state index contributed by atoms with van der Waals surface area (Å²) in [5, 5.41) is 6.76. The maximum atomic E-state index is 12.4. The quantitative estimate of drug-likeness (QED) is 0.402. The molecular formula is C25H28N2O2S2. The highest BCUT2D eigenvalue weighted by Gasteiger charge is 2.20. The van der Waals surface area contributed by atoms with Gasteiger partial charge in [0.25, 0.3) is 11.8 Å². The predicted octanol–water partition coefficient (Wildman–Crippen LogP) is 5.96. The number of hydrogen-bond acceptors (Lipinski definition) is 4. The Morgan fingerprint density at radius 1 is 1.10 bits per heavy atom. The molecule has 0 bridgehead atoms. The molecule has 2 aliphatic rings. The summed E-state index contributed by atoms with van der Waals surface area (Å²) in [4.78, 5) is 26.4. The molecule has 0 atom stereocenters. The lowest BCUT2D eigenvalue weighted by Crippen LogP contribution is -2.25. The first-order chi connectivity index (χ1) is 15.2. The standard InChI is InChI=1S/C25H28N2O2S2/c28-24(26-15-6-16-30-20-7-2-1-3-8-20)19-13-11-18(12-14-19)17-23-25(29)27-21-9-4-5-10-22(21)31-23/h4-5,9-14,17,20H,1-3,6-8,15-16H2,(H,26,28)(H,27,29)/b23-17+. The van der Waals surface area contributed by atoms with Crippen molar-refractivity contribution in [2.45, 2.75) is 48.7 Å².